The highest BCUT2D eigenvalue weighted by molar-refractivity contribution is 6.01. The zero-order chi connectivity index (χ0) is 17.9. The summed E-state index contributed by atoms with van der Waals surface area (Å²) in [5.74, 6) is 0.661. The molecule has 0 radical (unpaired) electrons. The van der Waals surface area contributed by atoms with Crippen LogP contribution in [-0.2, 0) is 11.2 Å². The standard InChI is InChI=1S/C21H16O5/c22-15(12-14-4-2-1-3-5-14)8-10-25-21-16-6-7-20(23)26-19(16)13-18-17(21)9-11-24-18/h1-7,9,11,13H,8,10,12H2. The Morgan fingerprint density at radius 1 is 0.962 bits per heavy atom. The molecule has 0 unspecified atom stereocenters. The predicted molar refractivity (Wildman–Crippen MR) is 97.5 cm³/mol. The Hall–Kier alpha value is -3.34. The Morgan fingerprint density at radius 3 is 2.62 bits per heavy atom. The molecular weight excluding hydrogens is 332 g/mol. The van der Waals surface area contributed by atoms with Crippen LogP contribution in [0, 0.1) is 0 Å². The molecule has 0 aliphatic heterocycles. The van der Waals surface area contributed by atoms with Crippen molar-refractivity contribution in [1.29, 1.82) is 0 Å². The van der Waals surface area contributed by atoms with Crippen molar-refractivity contribution in [3.63, 3.8) is 0 Å². The number of Topliss-reactive ketones (excluding diaryl/α,β-unsaturated/α-hetero) is 1. The average molecular weight is 348 g/mol. The molecule has 0 aliphatic rings. The maximum atomic E-state index is 12.2. The van der Waals surface area contributed by atoms with E-state index in [9.17, 15) is 9.59 Å². The first-order valence-electron chi connectivity index (χ1n) is 8.33. The summed E-state index contributed by atoms with van der Waals surface area (Å²) in [5, 5.41) is 1.45. The third kappa shape index (κ3) is 3.24. The Morgan fingerprint density at radius 2 is 1.77 bits per heavy atom. The first-order chi connectivity index (χ1) is 12.7. The van der Waals surface area contributed by atoms with E-state index < -0.39 is 5.63 Å². The number of hydrogen-bond donors (Lipinski definition) is 0. The van der Waals surface area contributed by atoms with E-state index in [2.05, 4.69) is 0 Å². The van der Waals surface area contributed by atoms with Crippen LogP contribution in [0.4, 0.5) is 0 Å². The van der Waals surface area contributed by atoms with E-state index in [0.29, 0.717) is 35.1 Å². The maximum Gasteiger partial charge on any atom is 0.336 e. The minimum absolute atomic E-state index is 0.103. The number of carbonyl (C=O) groups is 1. The van der Waals surface area contributed by atoms with Gasteiger partial charge in [0.05, 0.1) is 23.6 Å². The van der Waals surface area contributed by atoms with Crippen LogP contribution in [0.3, 0.4) is 0 Å². The van der Waals surface area contributed by atoms with Crippen molar-refractivity contribution < 1.29 is 18.4 Å². The highest BCUT2D eigenvalue weighted by atomic mass is 16.5. The molecule has 4 rings (SSSR count). The number of carbonyl (C=O) groups excluding carboxylic acids is 1. The Labute approximate surface area is 148 Å². The number of ether oxygens (including phenoxy) is 1. The number of hydrogen-bond acceptors (Lipinski definition) is 5. The van der Waals surface area contributed by atoms with E-state index in [1.165, 1.54) is 6.07 Å². The van der Waals surface area contributed by atoms with Gasteiger partial charge in [-0.25, -0.2) is 4.79 Å². The fraction of sp³-hybridized carbons (Fsp3) is 0.143. The van der Waals surface area contributed by atoms with Crippen molar-refractivity contribution in [3.05, 3.63) is 76.8 Å². The molecule has 0 N–H and O–H groups in total. The zero-order valence-electron chi connectivity index (χ0n) is 13.9. The van der Waals surface area contributed by atoms with Gasteiger partial charge < -0.3 is 13.6 Å². The molecule has 5 nitrogen and oxygen atoms in total. The second kappa shape index (κ2) is 6.88. The SMILES string of the molecule is O=C(CCOc1c2ccoc2cc2oc(=O)ccc12)Cc1ccccc1. The average Bonchev–Trinajstić information content (AvgIpc) is 3.10. The normalized spacial score (nSPS) is 11.1. The van der Waals surface area contributed by atoms with Gasteiger partial charge in [0.1, 0.15) is 22.7 Å². The summed E-state index contributed by atoms with van der Waals surface area (Å²) in [7, 11) is 0. The molecule has 2 aromatic carbocycles. The molecule has 0 spiro atoms. The largest absolute Gasteiger partial charge is 0.492 e. The van der Waals surface area contributed by atoms with Crippen molar-refractivity contribution in [3.8, 4) is 5.75 Å². The Bertz CT molecular complexity index is 1120. The van der Waals surface area contributed by atoms with Crippen molar-refractivity contribution in [2.24, 2.45) is 0 Å². The minimum Gasteiger partial charge on any atom is -0.492 e. The maximum absolute atomic E-state index is 12.2. The van der Waals surface area contributed by atoms with Gasteiger partial charge in [0.15, 0.2) is 0 Å². The highest BCUT2D eigenvalue weighted by Crippen LogP contribution is 2.35. The van der Waals surface area contributed by atoms with Gasteiger partial charge in [0.2, 0.25) is 0 Å². The molecule has 0 atom stereocenters. The third-order valence-corrected chi connectivity index (χ3v) is 4.18. The van der Waals surface area contributed by atoms with Crippen LogP contribution in [0.25, 0.3) is 21.9 Å². The predicted octanol–water partition coefficient (Wildman–Crippen LogP) is 4.12. The topological polar surface area (TPSA) is 69.7 Å². The van der Waals surface area contributed by atoms with Crippen LogP contribution in [0.2, 0.25) is 0 Å². The number of furan rings is 1. The van der Waals surface area contributed by atoms with Gasteiger partial charge in [-0.15, -0.1) is 0 Å². The number of fused-ring (bicyclic) bond motifs is 2. The summed E-state index contributed by atoms with van der Waals surface area (Å²) in [6.45, 7) is 0.240. The summed E-state index contributed by atoms with van der Waals surface area (Å²) in [5.41, 5.74) is 1.51. The Balaban J connectivity index is 1.53. The molecule has 0 fully saturated rings. The number of rotatable bonds is 6. The quantitative estimate of drug-likeness (QED) is 0.490. The molecule has 0 bridgehead atoms. The van der Waals surface area contributed by atoms with E-state index >= 15 is 0 Å². The summed E-state index contributed by atoms with van der Waals surface area (Å²) in [6, 6.07) is 16.1. The van der Waals surface area contributed by atoms with Crippen LogP contribution in [0.5, 0.6) is 5.75 Å². The first-order valence-corrected chi connectivity index (χ1v) is 8.33. The minimum atomic E-state index is -0.438. The molecule has 0 saturated heterocycles. The van der Waals surface area contributed by atoms with Crippen LogP contribution in [-0.4, -0.2) is 12.4 Å². The van der Waals surface area contributed by atoms with Gasteiger partial charge in [-0.2, -0.15) is 0 Å². The first kappa shape index (κ1) is 16.1. The molecule has 0 saturated carbocycles. The molecule has 0 amide bonds. The highest BCUT2D eigenvalue weighted by Gasteiger charge is 2.14. The molecule has 0 aliphatic carbocycles. The van der Waals surface area contributed by atoms with Gasteiger partial charge >= 0.3 is 5.63 Å². The fourth-order valence-electron chi connectivity index (χ4n) is 2.94. The summed E-state index contributed by atoms with van der Waals surface area (Å²) in [4.78, 5) is 23.6. The van der Waals surface area contributed by atoms with Crippen LogP contribution < -0.4 is 10.4 Å². The molecule has 2 aromatic heterocycles. The van der Waals surface area contributed by atoms with E-state index in [0.717, 1.165) is 10.9 Å². The van der Waals surface area contributed by atoms with E-state index in [4.69, 9.17) is 13.6 Å². The van der Waals surface area contributed by atoms with Gasteiger partial charge in [0.25, 0.3) is 0 Å². The van der Waals surface area contributed by atoms with Gasteiger partial charge in [-0.1, -0.05) is 30.3 Å². The number of benzene rings is 2. The Kier molecular flexibility index (Phi) is 4.27. The van der Waals surface area contributed by atoms with Crippen LogP contribution in [0.15, 0.2) is 74.5 Å². The lowest BCUT2D eigenvalue weighted by atomic mass is 10.1. The van der Waals surface area contributed by atoms with Crippen molar-refractivity contribution in [2.75, 3.05) is 6.61 Å². The zero-order valence-corrected chi connectivity index (χ0v) is 13.9. The molecule has 2 heterocycles. The molecule has 26 heavy (non-hydrogen) atoms. The third-order valence-electron chi connectivity index (χ3n) is 4.18. The lowest BCUT2D eigenvalue weighted by molar-refractivity contribution is -0.118. The summed E-state index contributed by atoms with van der Waals surface area (Å²) >= 11 is 0. The lowest BCUT2D eigenvalue weighted by Crippen LogP contribution is -2.09. The second-order valence-electron chi connectivity index (χ2n) is 6.00. The van der Waals surface area contributed by atoms with E-state index in [1.807, 2.05) is 30.3 Å². The molecular formula is C21H16O5. The van der Waals surface area contributed by atoms with Gasteiger partial charge in [-0.05, 0) is 17.7 Å². The van der Waals surface area contributed by atoms with Gasteiger partial charge in [0, 0.05) is 25.0 Å². The lowest BCUT2D eigenvalue weighted by Gasteiger charge is -2.10. The number of ketones is 1. The van der Waals surface area contributed by atoms with Crippen molar-refractivity contribution in [1.82, 2.24) is 0 Å². The van der Waals surface area contributed by atoms with E-state index in [1.54, 1.807) is 24.5 Å². The van der Waals surface area contributed by atoms with Crippen molar-refractivity contribution in [2.45, 2.75) is 12.8 Å². The van der Waals surface area contributed by atoms with Crippen molar-refractivity contribution >= 4 is 27.7 Å². The monoisotopic (exact) mass is 348 g/mol. The molecule has 5 heteroatoms. The van der Waals surface area contributed by atoms with E-state index in [-0.39, 0.29) is 12.4 Å². The molecule has 130 valence electrons. The second-order valence-corrected chi connectivity index (χ2v) is 6.00. The smallest absolute Gasteiger partial charge is 0.336 e. The summed E-state index contributed by atoms with van der Waals surface area (Å²) < 4.78 is 16.5. The van der Waals surface area contributed by atoms with Crippen LogP contribution >= 0.6 is 0 Å². The van der Waals surface area contributed by atoms with Gasteiger partial charge in [-0.3, -0.25) is 4.79 Å². The molecule has 4 aromatic rings. The van der Waals surface area contributed by atoms with Crippen LogP contribution in [0.1, 0.15) is 12.0 Å². The fourth-order valence-corrected chi connectivity index (χ4v) is 2.94. The summed E-state index contributed by atoms with van der Waals surface area (Å²) in [6.07, 6.45) is 2.23.